The second-order valence-corrected chi connectivity index (χ2v) is 5.53. The zero-order valence-corrected chi connectivity index (χ0v) is 14.6. The van der Waals surface area contributed by atoms with Crippen LogP contribution in [-0.2, 0) is 11.2 Å². The van der Waals surface area contributed by atoms with Crippen molar-refractivity contribution >= 4 is 0 Å². The summed E-state index contributed by atoms with van der Waals surface area (Å²) in [5.74, 6) is -3.56. The van der Waals surface area contributed by atoms with Gasteiger partial charge in [-0.2, -0.15) is 4.39 Å². The normalized spacial score (nSPS) is 11.5. The molecule has 0 bridgehead atoms. The van der Waals surface area contributed by atoms with Gasteiger partial charge in [0.1, 0.15) is 11.6 Å². The Kier molecular flexibility index (Phi) is 7.72. The van der Waals surface area contributed by atoms with Crippen LogP contribution >= 0.6 is 0 Å². The molecule has 26 heavy (non-hydrogen) atoms. The second-order valence-electron chi connectivity index (χ2n) is 5.53. The highest BCUT2D eigenvalue weighted by Gasteiger charge is 2.12. The first-order chi connectivity index (χ1) is 12.2. The predicted octanol–water partition coefficient (Wildman–Crippen LogP) is 5.84. The summed E-state index contributed by atoms with van der Waals surface area (Å²) in [6.07, 6.45) is 4.76. The van der Waals surface area contributed by atoms with E-state index in [0.717, 1.165) is 12.1 Å². The summed E-state index contributed by atoms with van der Waals surface area (Å²) in [4.78, 5) is 0. The third-order valence-electron chi connectivity index (χ3n) is 3.60. The molecule has 0 aromatic heterocycles. The van der Waals surface area contributed by atoms with E-state index in [1.807, 2.05) is 0 Å². The SMILES string of the molecule is C=C(/C=C\C(=C)C(=C)/C(F)=C\C(=C)OC)CCc1ccc(O)c(F)c1F. The standard InChI is InChI=1S/C21H21F3O2/c1-13(7-9-17-10-11-19(25)21(24)20(17)23)6-8-14(2)16(4)18(22)12-15(3)26-5/h6,8,10-12,25H,1-4,7,9H2,5H3/b8-6-,18-12+. The number of hydrogen-bond acceptors (Lipinski definition) is 2. The van der Waals surface area contributed by atoms with Crippen LogP contribution in [-0.4, -0.2) is 12.2 Å². The van der Waals surface area contributed by atoms with Crippen molar-refractivity contribution in [3.63, 3.8) is 0 Å². The Morgan fingerprint density at radius 3 is 2.38 bits per heavy atom. The maximum absolute atomic E-state index is 13.9. The van der Waals surface area contributed by atoms with Crippen molar-refractivity contribution in [1.82, 2.24) is 0 Å². The summed E-state index contributed by atoms with van der Waals surface area (Å²) in [5.41, 5.74) is 1.13. The minimum absolute atomic E-state index is 0.0684. The molecule has 1 N–H and O–H groups in total. The molecule has 2 nitrogen and oxygen atoms in total. The maximum atomic E-state index is 13.9. The summed E-state index contributed by atoms with van der Waals surface area (Å²) in [6.45, 7) is 14.6. The molecule has 0 fully saturated rings. The fourth-order valence-electron chi connectivity index (χ4n) is 1.91. The Morgan fingerprint density at radius 2 is 1.77 bits per heavy atom. The number of rotatable bonds is 9. The van der Waals surface area contributed by atoms with Gasteiger partial charge in [-0.15, -0.1) is 0 Å². The van der Waals surface area contributed by atoms with Gasteiger partial charge >= 0.3 is 0 Å². The van der Waals surface area contributed by atoms with Gasteiger partial charge < -0.3 is 9.84 Å². The molecule has 1 aromatic rings. The Bertz CT molecular complexity index is 802. The highest BCUT2D eigenvalue weighted by molar-refractivity contribution is 5.48. The summed E-state index contributed by atoms with van der Waals surface area (Å²) in [6, 6.07) is 2.41. The fraction of sp³-hybridized carbons (Fsp3) is 0.143. The van der Waals surface area contributed by atoms with Crippen molar-refractivity contribution in [3.8, 4) is 5.75 Å². The molecule has 0 radical (unpaired) electrons. The third-order valence-corrected chi connectivity index (χ3v) is 3.60. The number of phenolic OH excluding ortho intramolecular Hbond substituents is 1. The Labute approximate surface area is 151 Å². The van der Waals surface area contributed by atoms with E-state index in [9.17, 15) is 13.2 Å². The molecule has 0 heterocycles. The Morgan fingerprint density at radius 1 is 1.12 bits per heavy atom. The van der Waals surface area contributed by atoms with E-state index in [2.05, 4.69) is 26.3 Å². The van der Waals surface area contributed by atoms with Gasteiger partial charge in [0.25, 0.3) is 0 Å². The number of halogens is 3. The van der Waals surface area contributed by atoms with Crippen molar-refractivity contribution in [2.75, 3.05) is 7.11 Å². The molecule has 0 atom stereocenters. The van der Waals surface area contributed by atoms with Gasteiger partial charge in [-0.25, -0.2) is 8.78 Å². The van der Waals surface area contributed by atoms with Crippen LogP contribution in [0, 0.1) is 11.6 Å². The number of hydrogen-bond donors (Lipinski definition) is 1. The molecule has 0 aliphatic rings. The number of aromatic hydroxyl groups is 1. The molecular formula is C21H21F3O2. The quantitative estimate of drug-likeness (QED) is 0.442. The molecule has 5 heteroatoms. The van der Waals surface area contributed by atoms with Crippen molar-refractivity contribution in [1.29, 1.82) is 0 Å². The molecule has 1 aromatic carbocycles. The van der Waals surface area contributed by atoms with E-state index < -0.39 is 23.2 Å². The van der Waals surface area contributed by atoms with E-state index in [4.69, 9.17) is 9.84 Å². The van der Waals surface area contributed by atoms with E-state index >= 15 is 0 Å². The summed E-state index contributed by atoms with van der Waals surface area (Å²) < 4.78 is 45.7. The van der Waals surface area contributed by atoms with Gasteiger partial charge in [0.2, 0.25) is 5.82 Å². The number of phenols is 1. The number of allylic oxidation sites excluding steroid dienone is 7. The summed E-state index contributed by atoms with van der Waals surface area (Å²) >= 11 is 0. The zero-order chi connectivity index (χ0) is 19.9. The van der Waals surface area contributed by atoms with Gasteiger partial charge in [-0.3, -0.25) is 0 Å². The Hall–Kier alpha value is -2.95. The molecule has 1 rings (SSSR count). The highest BCUT2D eigenvalue weighted by Crippen LogP contribution is 2.24. The number of benzene rings is 1. The highest BCUT2D eigenvalue weighted by atomic mass is 19.2. The summed E-state index contributed by atoms with van der Waals surface area (Å²) in [5, 5.41) is 9.10. The first-order valence-electron chi connectivity index (χ1n) is 7.67. The number of aryl methyl sites for hydroxylation is 1. The lowest BCUT2D eigenvalue weighted by atomic mass is 10.0. The van der Waals surface area contributed by atoms with E-state index in [0.29, 0.717) is 17.6 Å². The molecule has 138 valence electrons. The minimum Gasteiger partial charge on any atom is -0.505 e. The summed E-state index contributed by atoms with van der Waals surface area (Å²) in [7, 11) is 1.37. The van der Waals surface area contributed by atoms with Crippen molar-refractivity contribution in [3.05, 3.63) is 102 Å². The van der Waals surface area contributed by atoms with Gasteiger partial charge in [0.05, 0.1) is 7.11 Å². The minimum atomic E-state index is -1.27. The monoisotopic (exact) mass is 362 g/mol. The topological polar surface area (TPSA) is 29.5 Å². The van der Waals surface area contributed by atoms with Crippen LogP contribution in [0.15, 0.2) is 85.0 Å². The molecule has 0 saturated carbocycles. The zero-order valence-electron chi connectivity index (χ0n) is 14.6. The van der Waals surface area contributed by atoms with Crippen molar-refractivity contribution in [2.24, 2.45) is 0 Å². The average Bonchev–Trinajstić information content (AvgIpc) is 2.62. The molecule has 0 unspecified atom stereocenters. The lowest BCUT2D eigenvalue weighted by Gasteiger charge is -2.06. The van der Waals surface area contributed by atoms with Gasteiger partial charge in [0, 0.05) is 11.6 Å². The van der Waals surface area contributed by atoms with Crippen LogP contribution < -0.4 is 0 Å². The van der Waals surface area contributed by atoms with Gasteiger partial charge in [-0.1, -0.05) is 50.1 Å². The molecule has 0 spiro atoms. The van der Waals surface area contributed by atoms with E-state index in [1.165, 1.54) is 19.3 Å². The van der Waals surface area contributed by atoms with Crippen LogP contribution in [0.2, 0.25) is 0 Å². The van der Waals surface area contributed by atoms with Crippen LogP contribution in [0.25, 0.3) is 0 Å². The maximum Gasteiger partial charge on any atom is 0.200 e. The number of ether oxygens (including phenoxy) is 1. The van der Waals surface area contributed by atoms with Crippen LogP contribution in [0.1, 0.15) is 12.0 Å². The smallest absolute Gasteiger partial charge is 0.200 e. The first kappa shape index (κ1) is 21.1. The largest absolute Gasteiger partial charge is 0.505 e. The molecule has 0 saturated heterocycles. The molecule has 0 aliphatic heterocycles. The van der Waals surface area contributed by atoms with E-state index in [-0.39, 0.29) is 23.3 Å². The second kappa shape index (κ2) is 9.51. The number of methoxy groups -OCH3 is 1. The average molecular weight is 362 g/mol. The molecule has 0 aliphatic carbocycles. The van der Waals surface area contributed by atoms with Gasteiger partial charge in [-0.05, 0) is 30.0 Å². The van der Waals surface area contributed by atoms with Crippen LogP contribution in [0.3, 0.4) is 0 Å². The van der Waals surface area contributed by atoms with Gasteiger partial charge in [0.15, 0.2) is 11.6 Å². The van der Waals surface area contributed by atoms with Crippen molar-refractivity contribution in [2.45, 2.75) is 12.8 Å². The lowest BCUT2D eigenvalue weighted by molar-refractivity contribution is 0.307. The third kappa shape index (κ3) is 5.84. The van der Waals surface area contributed by atoms with E-state index in [1.54, 1.807) is 6.08 Å². The Balaban J connectivity index is 2.66. The van der Waals surface area contributed by atoms with Crippen LogP contribution in [0.4, 0.5) is 13.2 Å². The molecular weight excluding hydrogens is 341 g/mol. The fourth-order valence-corrected chi connectivity index (χ4v) is 1.91. The predicted molar refractivity (Wildman–Crippen MR) is 98.2 cm³/mol. The molecule has 0 amide bonds. The lowest BCUT2D eigenvalue weighted by Crippen LogP contribution is -1.95. The van der Waals surface area contributed by atoms with Crippen molar-refractivity contribution < 1.29 is 23.0 Å². The first-order valence-corrected chi connectivity index (χ1v) is 7.67. The van der Waals surface area contributed by atoms with Crippen LogP contribution in [0.5, 0.6) is 5.75 Å².